The summed E-state index contributed by atoms with van der Waals surface area (Å²) >= 11 is 3.36. The third-order valence-electron chi connectivity index (χ3n) is 2.94. The third-order valence-corrected chi connectivity index (χ3v) is 3.43. The number of anilines is 1. The lowest BCUT2D eigenvalue weighted by molar-refractivity contribution is 0.103. The van der Waals surface area contributed by atoms with Crippen molar-refractivity contribution in [3.8, 4) is 5.75 Å². The fourth-order valence-electron chi connectivity index (χ4n) is 1.83. The molecule has 0 atom stereocenters. The summed E-state index contributed by atoms with van der Waals surface area (Å²) in [4.78, 5) is 12.5. The fourth-order valence-corrected chi connectivity index (χ4v) is 2.17. The number of hydrogen-bond donors (Lipinski definition) is 1. The molecule has 0 amide bonds. The van der Waals surface area contributed by atoms with Crippen LogP contribution in [0.25, 0.3) is 0 Å². The van der Waals surface area contributed by atoms with Crippen LogP contribution in [0.5, 0.6) is 5.75 Å². The molecule has 3 nitrogen and oxygen atoms in total. The van der Waals surface area contributed by atoms with Gasteiger partial charge in [0.2, 0.25) is 0 Å². The molecular weight excluding hydrogens is 306 g/mol. The maximum atomic E-state index is 12.5. The quantitative estimate of drug-likeness (QED) is 0.695. The van der Waals surface area contributed by atoms with Crippen molar-refractivity contribution in [1.29, 1.82) is 0 Å². The van der Waals surface area contributed by atoms with E-state index in [0.29, 0.717) is 22.6 Å². The van der Waals surface area contributed by atoms with Gasteiger partial charge in [0.05, 0.1) is 12.7 Å². The lowest BCUT2D eigenvalue weighted by Crippen LogP contribution is -2.05. The lowest BCUT2D eigenvalue weighted by Gasteiger charge is -2.09. The van der Waals surface area contributed by atoms with Crippen LogP contribution in [0.4, 0.5) is 5.69 Å². The van der Waals surface area contributed by atoms with Crippen LogP contribution in [0.1, 0.15) is 21.5 Å². The number of nitrogens with two attached hydrogens (primary N) is 1. The Morgan fingerprint density at radius 2 is 1.95 bits per heavy atom. The molecule has 0 saturated carbocycles. The number of nitrogen functional groups attached to an aromatic ring is 1. The van der Waals surface area contributed by atoms with Gasteiger partial charge in [-0.15, -0.1) is 0 Å². The predicted octanol–water partition coefficient (Wildman–Crippen LogP) is 3.58. The molecule has 98 valence electrons. The van der Waals surface area contributed by atoms with Crippen LogP contribution in [0.15, 0.2) is 40.9 Å². The molecule has 2 aromatic rings. The van der Waals surface area contributed by atoms with E-state index in [1.165, 1.54) is 0 Å². The summed E-state index contributed by atoms with van der Waals surface area (Å²) in [6.45, 7) is 1.88. The van der Waals surface area contributed by atoms with E-state index in [2.05, 4.69) is 15.9 Å². The zero-order valence-corrected chi connectivity index (χ0v) is 12.3. The van der Waals surface area contributed by atoms with Gasteiger partial charge < -0.3 is 10.5 Å². The van der Waals surface area contributed by atoms with Gasteiger partial charge in [0, 0.05) is 15.7 Å². The van der Waals surface area contributed by atoms with Gasteiger partial charge in [-0.2, -0.15) is 0 Å². The topological polar surface area (TPSA) is 52.3 Å². The largest absolute Gasteiger partial charge is 0.496 e. The summed E-state index contributed by atoms with van der Waals surface area (Å²) in [7, 11) is 1.55. The second-order valence-electron chi connectivity index (χ2n) is 4.25. The van der Waals surface area contributed by atoms with Crippen molar-refractivity contribution in [3.63, 3.8) is 0 Å². The SMILES string of the molecule is COc1cc(Br)ccc1C(=O)c1ccc(N)c(C)c1. The summed E-state index contributed by atoms with van der Waals surface area (Å²) in [6, 6.07) is 10.6. The summed E-state index contributed by atoms with van der Waals surface area (Å²) in [5.74, 6) is 0.473. The molecule has 0 radical (unpaired) electrons. The van der Waals surface area contributed by atoms with Crippen molar-refractivity contribution < 1.29 is 9.53 Å². The van der Waals surface area contributed by atoms with E-state index in [4.69, 9.17) is 10.5 Å². The van der Waals surface area contributed by atoms with Crippen molar-refractivity contribution in [2.24, 2.45) is 0 Å². The molecule has 0 unspecified atom stereocenters. The first kappa shape index (κ1) is 13.6. The molecule has 2 rings (SSSR count). The molecule has 4 heteroatoms. The second-order valence-corrected chi connectivity index (χ2v) is 5.16. The van der Waals surface area contributed by atoms with Crippen molar-refractivity contribution >= 4 is 27.4 Å². The monoisotopic (exact) mass is 319 g/mol. The Morgan fingerprint density at radius 1 is 1.21 bits per heavy atom. The van der Waals surface area contributed by atoms with Crippen LogP contribution >= 0.6 is 15.9 Å². The number of ketones is 1. The Hall–Kier alpha value is -1.81. The number of benzene rings is 2. The highest BCUT2D eigenvalue weighted by Crippen LogP contribution is 2.26. The van der Waals surface area contributed by atoms with Crippen molar-refractivity contribution in [3.05, 3.63) is 57.6 Å². The average molecular weight is 320 g/mol. The van der Waals surface area contributed by atoms with Gasteiger partial charge in [-0.1, -0.05) is 15.9 Å². The van der Waals surface area contributed by atoms with Crippen LogP contribution < -0.4 is 10.5 Å². The molecule has 0 aliphatic carbocycles. The zero-order chi connectivity index (χ0) is 14.0. The maximum absolute atomic E-state index is 12.5. The second kappa shape index (κ2) is 5.45. The van der Waals surface area contributed by atoms with Gasteiger partial charge in [0.1, 0.15) is 5.75 Å². The van der Waals surface area contributed by atoms with Crippen LogP contribution in [0.3, 0.4) is 0 Å². The van der Waals surface area contributed by atoms with Crippen molar-refractivity contribution in [1.82, 2.24) is 0 Å². The van der Waals surface area contributed by atoms with Crippen LogP contribution in [0, 0.1) is 6.92 Å². The molecule has 0 aromatic heterocycles. The Balaban J connectivity index is 2.46. The van der Waals surface area contributed by atoms with E-state index < -0.39 is 0 Å². The highest BCUT2D eigenvalue weighted by atomic mass is 79.9. The Labute approximate surface area is 120 Å². The smallest absolute Gasteiger partial charge is 0.196 e. The van der Waals surface area contributed by atoms with E-state index in [1.54, 1.807) is 37.4 Å². The lowest BCUT2D eigenvalue weighted by atomic mass is 10.0. The molecular formula is C15H14BrNO2. The maximum Gasteiger partial charge on any atom is 0.196 e. The average Bonchev–Trinajstić information content (AvgIpc) is 2.41. The number of carbonyl (C=O) groups is 1. The minimum absolute atomic E-state index is 0.0764. The van der Waals surface area contributed by atoms with Gasteiger partial charge in [-0.05, 0) is 48.9 Å². The van der Waals surface area contributed by atoms with Crippen LogP contribution in [0.2, 0.25) is 0 Å². The number of carbonyl (C=O) groups excluding carboxylic acids is 1. The molecule has 0 aliphatic heterocycles. The molecule has 0 aliphatic rings. The van der Waals surface area contributed by atoms with Crippen LogP contribution in [-0.4, -0.2) is 12.9 Å². The normalized spacial score (nSPS) is 10.3. The number of ether oxygens (including phenoxy) is 1. The summed E-state index contributed by atoms with van der Waals surface area (Å²) in [6.07, 6.45) is 0. The summed E-state index contributed by atoms with van der Waals surface area (Å²) < 4.78 is 6.12. The van der Waals surface area contributed by atoms with Gasteiger partial charge in [0.25, 0.3) is 0 Å². The Bertz CT molecular complexity index is 638. The van der Waals surface area contributed by atoms with Crippen LogP contribution in [-0.2, 0) is 0 Å². The van der Waals surface area contributed by atoms with Crippen molar-refractivity contribution in [2.75, 3.05) is 12.8 Å². The molecule has 0 fully saturated rings. The predicted molar refractivity (Wildman–Crippen MR) is 79.7 cm³/mol. The molecule has 0 saturated heterocycles. The number of aryl methyl sites for hydroxylation is 1. The van der Waals surface area contributed by atoms with Crippen molar-refractivity contribution in [2.45, 2.75) is 6.92 Å². The standard InChI is InChI=1S/C15H14BrNO2/c1-9-7-10(3-6-13(9)17)15(18)12-5-4-11(16)8-14(12)19-2/h3-8H,17H2,1-2H3. The molecule has 19 heavy (non-hydrogen) atoms. The minimum Gasteiger partial charge on any atom is -0.496 e. The van der Waals surface area contributed by atoms with E-state index in [0.717, 1.165) is 10.0 Å². The Kier molecular flexibility index (Phi) is 3.90. The minimum atomic E-state index is -0.0764. The van der Waals surface area contributed by atoms with E-state index in [-0.39, 0.29) is 5.78 Å². The molecule has 0 bridgehead atoms. The number of methoxy groups -OCH3 is 1. The number of rotatable bonds is 3. The molecule has 0 heterocycles. The zero-order valence-electron chi connectivity index (χ0n) is 10.7. The number of halogens is 1. The van der Waals surface area contributed by atoms with Gasteiger partial charge in [-0.25, -0.2) is 0 Å². The highest BCUT2D eigenvalue weighted by Gasteiger charge is 2.15. The summed E-state index contributed by atoms with van der Waals surface area (Å²) in [5.41, 5.74) is 8.47. The van der Waals surface area contributed by atoms with Gasteiger partial charge >= 0.3 is 0 Å². The van der Waals surface area contributed by atoms with E-state index in [9.17, 15) is 4.79 Å². The first-order valence-corrected chi connectivity index (χ1v) is 6.56. The summed E-state index contributed by atoms with van der Waals surface area (Å²) in [5, 5.41) is 0. The third kappa shape index (κ3) is 2.79. The first-order valence-electron chi connectivity index (χ1n) is 5.77. The fraction of sp³-hybridized carbons (Fsp3) is 0.133. The van der Waals surface area contributed by atoms with E-state index >= 15 is 0 Å². The molecule has 2 aromatic carbocycles. The molecule has 2 N–H and O–H groups in total. The van der Waals surface area contributed by atoms with Gasteiger partial charge in [0.15, 0.2) is 5.78 Å². The molecule has 0 spiro atoms. The van der Waals surface area contributed by atoms with Gasteiger partial charge in [-0.3, -0.25) is 4.79 Å². The Morgan fingerprint density at radius 3 is 2.58 bits per heavy atom. The number of hydrogen-bond acceptors (Lipinski definition) is 3. The highest BCUT2D eigenvalue weighted by molar-refractivity contribution is 9.10. The first-order chi connectivity index (χ1) is 9.02. The van der Waals surface area contributed by atoms with E-state index in [1.807, 2.05) is 13.0 Å².